The molecule has 1 atom stereocenters. The summed E-state index contributed by atoms with van der Waals surface area (Å²) in [6, 6.07) is 10.1. The van der Waals surface area contributed by atoms with Crippen molar-refractivity contribution in [1.82, 2.24) is 0 Å². The lowest BCUT2D eigenvalue weighted by atomic mass is 10.2. The van der Waals surface area contributed by atoms with Crippen LogP contribution < -0.4 is 10.5 Å². The number of quaternary nitrogens is 1. The molecule has 0 bridgehead atoms. The number of rotatable bonds is 8. The van der Waals surface area contributed by atoms with Gasteiger partial charge in [-0.3, -0.25) is 25.0 Å². The van der Waals surface area contributed by atoms with Gasteiger partial charge in [-0.1, -0.05) is 18.2 Å². The Hall–Kier alpha value is -3.86. The maximum absolute atomic E-state index is 12.0. The van der Waals surface area contributed by atoms with E-state index >= 15 is 0 Å². The van der Waals surface area contributed by atoms with Crippen molar-refractivity contribution >= 4 is 23.3 Å². The highest BCUT2D eigenvalue weighted by Gasteiger charge is 2.25. The highest BCUT2D eigenvalue weighted by molar-refractivity contribution is 5.82. The SMILES string of the molecule is [NH3+][C@@H](CC(=O)Oc1ccccc1)C(=O)OCc1cc([N+](=O)[O-])cc([N+](=O)[O-])c1. The van der Waals surface area contributed by atoms with Crippen molar-refractivity contribution in [2.24, 2.45) is 0 Å². The first-order valence-electron chi connectivity index (χ1n) is 7.94. The molecule has 0 aliphatic heterocycles. The van der Waals surface area contributed by atoms with Gasteiger partial charge in [-0.05, 0) is 12.1 Å². The number of nitrogens with zero attached hydrogens (tertiary/aromatic N) is 2. The van der Waals surface area contributed by atoms with Crippen LogP contribution in [0.15, 0.2) is 48.5 Å². The third-order valence-corrected chi connectivity index (χ3v) is 3.49. The first-order valence-corrected chi connectivity index (χ1v) is 7.94. The molecular formula is C17H16N3O8+. The maximum Gasteiger partial charge on any atom is 0.365 e. The normalized spacial score (nSPS) is 11.3. The number of non-ortho nitro benzene ring substituents is 2. The van der Waals surface area contributed by atoms with Gasteiger partial charge in [0.25, 0.3) is 11.4 Å². The Bertz CT molecular complexity index is 868. The lowest BCUT2D eigenvalue weighted by Crippen LogP contribution is -2.66. The fourth-order valence-corrected chi connectivity index (χ4v) is 2.17. The number of nitro groups is 2. The molecule has 0 unspecified atom stereocenters. The standard InChI is InChI=1S/C17H15N3O8/c18-15(9-16(21)28-14-4-2-1-3-5-14)17(22)27-10-11-6-12(19(23)24)8-13(7-11)20(25)26/h1-8,15H,9-10,18H2/p+1/t15-/m0/s1. The van der Waals surface area contributed by atoms with Crippen LogP contribution in [0.25, 0.3) is 0 Å². The van der Waals surface area contributed by atoms with Crippen molar-refractivity contribution in [3.05, 3.63) is 74.3 Å². The zero-order chi connectivity index (χ0) is 20.7. The molecule has 11 nitrogen and oxygen atoms in total. The summed E-state index contributed by atoms with van der Waals surface area (Å²) >= 11 is 0. The summed E-state index contributed by atoms with van der Waals surface area (Å²) in [4.78, 5) is 43.9. The molecule has 146 valence electrons. The van der Waals surface area contributed by atoms with Gasteiger partial charge in [-0.15, -0.1) is 0 Å². The molecule has 0 aromatic heterocycles. The van der Waals surface area contributed by atoms with Crippen molar-refractivity contribution in [2.45, 2.75) is 19.1 Å². The highest BCUT2D eigenvalue weighted by atomic mass is 16.6. The van der Waals surface area contributed by atoms with E-state index in [1.807, 2.05) is 0 Å². The van der Waals surface area contributed by atoms with E-state index < -0.39 is 45.8 Å². The van der Waals surface area contributed by atoms with Crippen LogP contribution in [-0.4, -0.2) is 27.8 Å². The van der Waals surface area contributed by atoms with E-state index in [4.69, 9.17) is 9.47 Å². The Morgan fingerprint density at radius 2 is 1.57 bits per heavy atom. The summed E-state index contributed by atoms with van der Waals surface area (Å²) in [6.45, 7) is -0.443. The van der Waals surface area contributed by atoms with Gasteiger partial charge in [0.05, 0.1) is 15.9 Å². The van der Waals surface area contributed by atoms with E-state index in [2.05, 4.69) is 5.73 Å². The minimum absolute atomic E-state index is 0.0633. The Balaban J connectivity index is 1.94. The molecule has 0 saturated carbocycles. The molecule has 0 amide bonds. The van der Waals surface area contributed by atoms with Crippen LogP contribution in [0.1, 0.15) is 12.0 Å². The Morgan fingerprint density at radius 1 is 1.00 bits per heavy atom. The molecule has 2 aromatic carbocycles. The van der Waals surface area contributed by atoms with E-state index in [0.717, 1.165) is 18.2 Å². The Kier molecular flexibility index (Phi) is 6.71. The third-order valence-electron chi connectivity index (χ3n) is 3.49. The molecule has 0 aliphatic carbocycles. The summed E-state index contributed by atoms with van der Waals surface area (Å²) in [5.41, 5.74) is 2.59. The number of carbonyl (C=O) groups excluding carboxylic acids is 2. The molecule has 28 heavy (non-hydrogen) atoms. The van der Waals surface area contributed by atoms with E-state index in [-0.39, 0.29) is 12.0 Å². The van der Waals surface area contributed by atoms with Crippen molar-refractivity contribution in [3.8, 4) is 5.75 Å². The summed E-state index contributed by atoms with van der Waals surface area (Å²) < 4.78 is 10.0. The average molecular weight is 390 g/mol. The largest absolute Gasteiger partial charge is 0.456 e. The number of hydrogen-bond acceptors (Lipinski definition) is 8. The summed E-state index contributed by atoms with van der Waals surface area (Å²) in [5.74, 6) is -1.22. The van der Waals surface area contributed by atoms with Crippen molar-refractivity contribution in [2.75, 3.05) is 0 Å². The second kappa shape index (κ2) is 9.19. The number of carbonyl (C=O) groups is 2. The van der Waals surface area contributed by atoms with E-state index in [1.165, 1.54) is 0 Å². The topological polar surface area (TPSA) is 167 Å². The number of esters is 2. The second-order valence-electron chi connectivity index (χ2n) is 5.67. The van der Waals surface area contributed by atoms with Gasteiger partial charge in [0.1, 0.15) is 18.8 Å². The van der Waals surface area contributed by atoms with Crippen LogP contribution in [-0.2, 0) is 20.9 Å². The third kappa shape index (κ3) is 5.85. The van der Waals surface area contributed by atoms with Crippen molar-refractivity contribution < 1.29 is 34.6 Å². The smallest absolute Gasteiger partial charge is 0.365 e. The molecular weight excluding hydrogens is 374 g/mol. The molecule has 11 heteroatoms. The van der Waals surface area contributed by atoms with Crippen LogP contribution in [0.2, 0.25) is 0 Å². The number of ether oxygens (including phenoxy) is 2. The first-order chi connectivity index (χ1) is 13.3. The van der Waals surface area contributed by atoms with Crippen LogP contribution in [0, 0.1) is 20.2 Å². The van der Waals surface area contributed by atoms with E-state index in [1.54, 1.807) is 30.3 Å². The van der Waals surface area contributed by atoms with E-state index in [0.29, 0.717) is 5.75 Å². The molecule has 0 heterocycles. The molecule has 0 aliphatic rings. The fourth-order valence-electron chi connectivity index (χ4n) is 2.17. The predicted octanol–water partition coefficient (Wildman–Crippen LogP) is 1.15. The second-order valence-corrected chi connectivity index (χ2v) is 5.67. The van der Waals surface area contributed by atoms with Gasteiger partial charge < -0.3 is 15.2 Å². The van der Waals surface area contributed by atoms with Crippen molar-refractivity contribution in [1.29, 1.82) is 0 Å². The zero-order valence-corrected chi connectivity index (χ0v) is 14.5. The molecule has 3 N–H and O–H groups in total. The molecule has 0 spiro atoms. The Labute approximate surface area is 158 Å². The van der Waals surface area contributed by atoms with Crippen molar-refractivity contribution in [3.63, 3.8) is 0 Å². The minimum atomic E-state index is -1.08. The number of nitro benzene ring substituents is 2. The lowest BCUT2D eigenvalue weighted by Gasteiger charge is -2.09. The van der Waals surface area contributed by atoms with Crippen LogP contribution >= 0.6 is 0 Å². The maximum atomic E-state index is 12.0. The zero-order valence-electron chi connectivity index (χ0n) is 14.5. The molecule has 2 rings (SSSR count). The number of hydrogen-bond donors (Lipinski definition) is 1. The van der Waals surface area contributed by atoms with Crippen LogP contribution in [0.3, 0.4) is 0 Å². The number of benzene rings is 2. The summed E-state index contributed by atoms with van der Waals surface area (Å²) in [7, 11) is 0. The first kappa shape index (κ1) is 20.5. The summed E-state index contributed by atoms with van der Waals surface area (Å²) in [5, 5.41) is 21.7. The van der Waals surface area contributed by atoms with Gasteiger partial charge in [-0.25, -0.2) is 4.79 Å². The minimum Gasteiger partial charge on any atom is -0.456 e. The van der Waals surface area contributed by atoms with Crippen LogP contribution in [0.5, 0.6) is 5.75 Å². The molecule has 0 saturated heterocycles. The molecule has 0 radical (unpaired) electrons. The van der Waals surface area contributed by atoms with Gasteiger partial charge in [0.2, 0.25) is 0 Å². The Morgan fingerprint density at radius 3 is 2.11 bits per heavy atom. The quantitative estimate of drug-likeness (QED) is 0.303. The predicted molar refractivity (Wildman–Crippen MR) is 92.9 cm³/mol. The van der Waals surface area contributed by atoms with Gasteiger partial charge >= 0.3 is 11.9 Å². The molecule has 2 aromatic rings. The molecule has 0 fully saturated rings. The van der Waals surface area contributed by atoms with Gasteiger partial charge in [0, 0.05) is 17.7 Å². The lowest BCUT2D eigenvalue weighted by molar-refractivity contribution is -0.407. The van der Waals surface area contributed by atoms with Crippen LogP contribution in [0.4, 0.5) is 11.4 Å². The monoisotopic (exact) mass is 390 g/mol. The fraction of sp³-hybridized carbons (Fsp3) is 0.176. The highest BCUT2D eigenvalue weighted by Crippen LogP contribution is 2.23. The average Bonchev–Trinajstić information content (AvgIpc) is 2.66. The van der Waals surface area contributed by atoms with Gasteiger partial charge in [0.15, 0.2) is 6.04 Å². The summed E-state index contributed by atoms with van der Waals surface area (Å²) in [6.07, 6.45) is -0.344. The number of para-hydroxylation sites is 1. The van der Waals surface area contributed by atoms with E-state index in [9.17, 15) is 29.8 Å². The van der Waals surface area contributed by atoms with Gasteiger partial charge in [-0.2, -0.15) is 0 Å².